The SMILES string of the molecule is CC(C)(C)c1cnc2c(c1)CN(C1CCCC1)CC2. The Kier molecular flexibility index (Phi) is 3.38. The number of hydrogen-bond acceptors (Lipinski definition) is 2. The van der Waals surface area contributed by atoms with Gasteiger partial charge in [0.05, 0.1) is 0 Å². The molecule has 2 heterocycles. The van der Waals surface area contributed by atoms with Crippen molar-refractivity contribution in [3.8, 4) is 0 Å². The molecule has 0 radical (unpaired) electrons. The van der Waals surface area contributed by atoms with Crippen LogP contribution in [0.5, 0.6) is 0 Å². The Bertz CT molecular complexity index is 453. The highest BCUT2D eigenvalue weighted by molar-refractivity contribution is 5.31. The zero-order valence-electron chi connectivity index (χ0n) is 12.6. The predicted octanol–water partition coefficient (Wildman–Crippen LogP) is 3.68. The number of hydrogen-bond donors (Lipinski definition) is 0. The second-order valence-corrected chi connectivity index (χ2v) is 7.24. The highest BCUT2D eigenvalue weighted by Crippen LogP contribution is 2.30. The smallest absolute Gasteiger partial charge is 0.0461 e. The molecule has 1 aliphatic heterocycles. The zero-order valence-corrected chi connectivity index (χ0v) is 12.6. The lowest BCUT2D eigenvalue weighted by Gasteiger charge is -2.34. The first kappa shape index (κ1) is 13.1. The molecular weight excluding hydrogens is 232 g/mol. The van der Waals surface area contributed by atoms with Gasteiger partial charge in [-0.1, -0.05) is 39.7 Å². The van der Waals surface area contributed by atoms with Crippen LogP contribution in [0.1, 0.15) is 63.3 Å². The van der Waals surface area contributed by atoms with Gasteiger partial charge in [-0.25, -0.2) is 0 Å². The molecule has 104 valence electrons. The predicted molar refractivity (Wildman–Crippen MR) is 79.3 cm³/mol. The van der Waals surface area contributed by atoms with E-state index in [-0.39, 0.29) is 5.41 Å². The van der Waals surface area contributed by atoms with Crippen LogP contribution in [0, 0.1) is 0 Å². The summed E-state index contributed by atoms with van der Waals surface area (Å²) in [6.07, 6.45) is 8.88. The number of aromatic nitrogens is 1. The van der Waals surface area contributed by atoms with E-state index >= 15 is 0 Å². The van der Waals surface area contributed by atoms with Crippen LogP contribution in [-0.2, 0) is 18.4 Å². The summed E-state index contributed by atoms with van der Waals surface area (Å²) >= 11 is 0. The van der Waals surface area contributed by atoms with Crippen molar-refractivity contribution < 1.29 is 0 Å². The summed E-state index contributed by atoms with van der Waals surface area (Å²) in [5.41, 5.74) is 4.39. The molecule has 0 unspecified atom stereocenters. The van der Waals surface area contributed by atoms with Crippen molar-refractivity contribution in [2.45, 2.75) is 70.9 Å². The third kappa shape index (κ3) is 2.69. The second kappa shape index (κ2) is 4.90. The Hall–Kier alpha value is -0.890. The van der Waals surface area contributed by atoms with E-state index in [0.29, 0.717) is 0 Å². The molecule has 1 aromatic heterocycles. The van der Waals surface area contributed by atoms with Gasteiger partial charge in [0, 0.05) is 37.4 Å². The van der Waals surface area contributed by atoms with E-state index in [0.717, 1.165) is 19.0 Å². The van der Waals surface area contributed by atoms with Crippen molar-refractivity contribution in [1.82, 2.24) is 9.88 Å². The highest BCUT2D eigenvalue weighted by Gasteiger charge is 2.27. The molecule has 2 heteroatoms. The summed E-state index contributed by atoms with van der Waals surface area (Å²) in [5.74, 6) is 0. The zero-order chi connectivity index (χ0) is 13.5. The van der Waals surface area contributed by atoms with Crippen molar-refractivity contribution in [2.75, 3.05) is 6.54 Å². The van der Waals surface area contributed by atoms with Crippen LogP contribution in [0.3, 0.4) is 0 Å². The Balaban J connectivity index is 1.82. The number of rotatable bonds is 1. The third-order valence-corrected chi connectivity index (χ3v) is 4.78. The van der Waals surface area contributed by atoms with Crippen LogP contribution in [0.2, 0.25) is 0 Å². The molecule has 0 saturated heterocycles. The second-order valence-electron chi connectivity index (χ2n) is 7.24. The molecule has 0 amide bonds. The molecular formula is C17H26N2. The van der Waals surface area contributed by atoms with Gasteiger partial charge in [-0.2, -0.15) is 0 Å². The van der Waals surface area contributed by atoms with Gasteiger partial charge in [-0.05, 0) is 29.4 Å². The molecule has 0 aromatic carbocycles. The summed E-state index contributed by atoms with van der Waals surface area (Å²) in [6.45, 7) is 9.15. The standard InChI is InChI=1S/C17H26N2/c1-17(2,3)14-10-13-12-19(15-6-4-5-7-15)9-8-16(13)18-11-14/h10-11,15H,4-9,12H2,1-3H3. The highest BCUT2D eigenvalue weighted by atomic mass is 15.2. The molecule has 19 heavy (non-hydrogen) atoms. The largest absolute Gasteiger partial charge is 0.296 e. The van der Waals surface area contributed by atoms with Gasteiger partial charge >= 0.3 is 0 Å². The summed E-state index contributed by atoms with van der Waals surface area (Å²) < 4.78 is 0. The van der Waals surface area contributed by atoms with Crippen LogP contribution >= 0.6 is 0 Å². The fourth-order valence-electron chi connectivity index (χ4n) is 3.44. The van der Waals surface area contributed by atoms with Crippen LogP contribution in [0.25, 0.3) is 0 Å². The van der Waals surface area contributed by atoms with Gasteiger partial charge in [0.2, 0.25) is 0 Å². The van der Waals surface area contributed by atoms with E-state index in [1.165, 1.54) is 49.0 Å². The van der Waals surface area contributed by atoms with E-state index in [2.05, 4.69) is 37.9 Å². The van der Waals surface area contributed by atoms with E-state index in [1.807, 2.05) is 0 Å². The van der Waals surface area contributed by atoms with Gasteiger partial charge in [0.15, 0.2) is 0 Å². The maximum Gasteiger partial charge on any atom is 0.0461 e. The molecule has 0 N–H and O–H groups in total. The van der Waals surface area contributed by atoms with E-state index in [9.17, 15) is 0 Å². The molecule has 0 spiro atoms. The normalized spacial score (nSPS) is 21.6. The maximum absolute atomic E-state index is 4.72. The first-order valence-corrected chi connectivity index (χ1v) is 7.76. The van der Waals surface area contributed by atoms with E-state index < -0.39 is 0 Å². The van der Waals surface area contributed by atoms with E-state index in [4.69, 9.17) is 4.98 Å². The maximum atomic E-state index is 4.72. The van der Waals surface area contributed by atoms with Gasteiger partial charge < -0.3 is 0 Å². The molecule has 1 fully saturated rings. The topological polar surface area (TPSA) is 16.1 Å². The van der Waals surface area contributed by atoms with Crippen molar-refractivity contribution in [3.63, 3.8) is 0 Å². The van der Waals surface area contributed by atoms with Crippen LogP contribution in [-0.4, -0.2) is 22.5 Å². The monoisotopic (exact) mass is 258 g/mol. The van der Waals surface area contributed by atoms with Gasteiger partial charge in [-0.3, -0.25) is 9.88 Å². The quantitative estimate of drug-likeness (QED) is 0.764. The minimum absolute atomic E-state index is 0.206. The molecule has 0 atom stereocenters. The Morgan fingerprint density at radius 2 is 1.95 bits per heavy atom. The summed E-state index contributed by atoms with van der Waals surface area (Å²) in [5, 5.41) is 0. The molecule has 0 bridgehead atoms. The van der Waals surface area contributed by atoms with Crippen molar-refractivity contribution in [2.24, 2.45) is 0 Å². The molecule has 2 aliphatic rings. The number of pyridine rings is 1. The lowest BCUT2D eigenvalue weighted by Crippen LogP contribution is -2.38. The Morgan fingerprint density at radius 3 is 2.63 bits per heavy atom. The summed E-state index contributed by atoms with van der Waals surface area (Å²) in [6, 6.07) is 3.25. The minimum atomic E-state index is 0.206. The first-order chi connectivity index (χ1) is 9.04. The molecule has 1 saturated carbocycles. The average molecular weight is 258 g/mol. The van der Waals surface area contributed by atoms with Crippen LogP contribution < -0.4 is 0 Å². The number of fused-ring (bicyclic) bond motifs is 1. The lowest BCUT2D eigenvalue weighted by atomic mass is 9.86. The Morgan fingerprint density at radius 1 is 1.21 bits per heavy atom. The van der Waals surface area contributed by atoms with Crippen molar-refractivity contribution >= 4 is 0 Å². The van der Waals surface area contributed by atoms with Crippen LogP contribution in [0.4, 0.5) is 0 Å². The third-order valence-electron chi connectivity index (χ3n) is 4.78. The van der Waals surface area contributed by atoms with Crippen molar-refractivity contribution in [3.05, 3.63) is 29.1 Å². The molecule has 2 nitrogen and oxygen atoms in total. The van der Waals surface area contributed by atoms with Crippen molar-refractivity contribution in [1.29, 1.82) is 0 Å². The lowest BCUT2D eigenvalue weighted by molar-refractivity contribution is 0.179. The fourth-order valence-corrected chi connectivity index (χ4v) is 3.44. The summed E-state index contributed by atoms with van der Waals surface area (Å²) in [4.78, 5) is 7.42. The van der Waals surface area contributed by atoms with Crippen LogP contribution in [0.15, 0.2) is 12.3 Å². The molecule has 1 aromatic rings. The fraction of sp³-hybridized carbons (Fsp3) is 0.706. The Labute approximate surface area is 117 Å². The average Bonchev–Trinajstić information content (AvgIpc) is 2.90. The minimum Gasteiger partial charge on any atom is -0.296 e. The number of nitrogens with zero attached hydrogens (tertiary/aromatic N) is 2. The molecule has 3 rings (SSSR count). The van der Waals surface area contributed by atoms with Gasteiger partial charge in [-0.15, -0.1) is 0 Å². The molecule has 1 aliphatic carbocycles. The van der Waals surface area contributed by atoms with Gasteiger partial charge in [0.1, 0.15) is 0 Å². The van der Waals surface area contributed by atoms with E-state index in [1.54, 1.807) is 0 Å². The van der Waals surface area contributed by atoms with Gasteiger partial charge in [0.25, 0.3) is 0 Å². The summed E-state index contributed by atoms with van der Waals surface area (Å²) in [7, 11) is 0. The first-order valence-electron chi connectivity index (χ1n) is 7.76.